The van der Waals surface area contributed by atoms with Crippen molar-refractivity contribution in [3.8, 4) is 11.3 Å². The van der Waals surface area contributed by atoms with Gasteiger partial charge in [0.25, 0.3) is 0 Å². The monoisotopic (exact) mass is 410 g/mol. The molecule has 3 heteroatoms. The standard InChI is InChI=1S/C29H18N2O/c1-17-27(31-28-24-12-6-7-13-26(24)32-29(28)30-17)18-14-15-23-21-10-3-2-8-19(21)20-9-4-5-11-22(20)25(23)16-18/h2-16H,1H3. The number of hydrogen-bond acceptors (Lipinski definition) is 3. The second kappa shape index (κ2) is 6.38. The molecule has 0 amide bonds. The third-order valence-electron chi connectivity index (χ3n) is 6.40. The van der Waals surface area contributed by atoms with Gasteiger partial charge in [-0.3, -0.25) is 0 Å². The molecule has 150 valence electrons. The average molecular weight is 410 g/mol. The van der Waals surface area contributed by atoms with Gasteiger partial charge < -0.3 is 4.42 Å². The Morgan fingerprint density at radius 2 is 1.12 bits per heavy atom. The highest BCUT2D eigenvalue weighted by Gasteiger charge is 2.15. The summed E-state index contributed by atoms with van der Waals surface area (Å²) in [5.41, 5.74) is 5.03. The molecule has 0 saturated carbocycles. The van der Waals surface area contributed by atoms with Gasteiger partial charge in [-0.05, 0) is 57.4 Å². The minimum atomic E-state index is 0.588. The van der Waals surface area contributed by atoms with Crippen LogP contribution < -0.4 is 0 Å². The van der Waals surface area contributed by atoms with E-state index in [0.717, 1.165) is 33.4 Å². The molecule has 0 radical (unpaired) electrons. The van der Waals surface area contributed by atoms with Crippen molar-refractivity contribution in [2.75, 3.05) is 0 Å². The Balaban J connectivity index is 1.57. The van der Waals surface area contributed by atoms with Gasteiger partial charge in [0.1, 0.15) is 11.1 Å². The minimum absolute atomic E-state index is 0.588. The molecule has 0 N–H and O–H groups in total. The number of benzene rings is 5. The van der Waals surface area contributed by atoms with Gasteiger partial charge in [-0.15, -0.1) is 0 Å². The zero-order valence-corrected chi connectivity index (χ0v) is 17.5. The Morgan fingerprint density at radius 3 is 1.81 bits per heavy atom. The number of aryl methyl sites for hydroxylation is 1. The normalized spacial score (nSPS) is 11.9. The highest BCUT2D eigenvalue weighted by atomic mass is 16.3. The van der Waals surface area contributed by atoms with Crippen molar-refractivity contribution in [3.63, 3.8) is 0 Å². The molecule has 0 fully saturated rings. The van der Waals surface area contributed by atoms with Crippen LogP contribution in [0.4, 0.5) is 0 Å². The molecule has 0 aliphatic heterocycles. The molecule has 0 saturated heterocycles. The molecule has 7 rings (SSSR count). The molecular formula is C29H18N2O. The van der Waals surface area contributed by atoms with Gasteiger partial charge in [0, 0.05) is 10.9 Å². The van der Waals surface area contributed by atoms with Crippen molar-refractivity contribution >= 4 is 54.5 Å². The number of rotatable bonds is 1. The molecule has 0 aliphatic carbocycles. The summed E-state index contributed by atoms with van der Waals surface area (Å²) in [6, 6.07) is 31.9. The van der Waals surface area contributed by atoms with Crippen molar-refractivity contribution < 1.29 is 4.42 Å². The zero-order chi connectivity index (χ0) is 21.2. The smallest absolute Gasteiger partial charge is 0.246 e. The lowest BCUT2D eigenvalue weighted by Gasteiger charge is -2.12. The molecule has 5 aromatic carbocycles. The zero-order valence-electron chi connectivity index (χ0n) is 17.5. The van der Waals surface area contributed by atoms with Gasteiger partial charge >= 0.3 is 0 Å². The number of para-hydroxylation sites is 1. The predicted octanol–water partition coefficient (Wildman–Crippen LogP) is 7.81. The van der Waals surface area contributed by atoms with Gasteiger partial charge in [0.15, 0.2) is 0 Å². The molecule has 2 aromatic heterocycles. The first-order valence-corrected chi connectivity index (χ1v) is 10.8. The number of furan rings is 1. The van der Waals surface area contributed by atoms with Crippen molar-refractivity contribution in [3.05, 3.63) is 96.7 Å². The fourth-order valence-electron chi connectivity index (χ4n) is 4.93. The maximum absolute atomic E-state index is 5.93. The van der Waals surface area contributed by atoms with E-state index in [1.54, 1.807) is 0 Å². The van der Waals surface area contributed by atoms with Crippen molar-refractivity contribution in [2.45, 2.75) is 6.92 Å². The Morgan fingerprint density at radius 1 is 0.562 bits per heavy atom. The average Bonchev–Trinajstić information content (AvgIpc) is 3.20. The first-order chi connectivity index (χ1) is 15.8. The van der Waals surface area contributed by atoms with Crippen LogP contribution >= 0.6 is 0 Å². The minimum Gasteiger partial charge on any atom is -0.436 e. The van der Waals surface area contributed by atoms with Crippen LogP contribution in [-0.4, -0.2) is 9.97 Å². The fraction of sp³-hybridized carbons (Fsp3) is 0.0345. The number of aromatic nitrogens is 2. The van der Waals surface area contributed by atoms with Gasteiger partial charge in [0.05, 0.1) is 11.4 Å². The highest BCUT2D eigenvalue weighted by Crippen LogP contribution is 2.37. The van der Waals surface area contributed by atoms with Crippen LogP contribution in [0.1, 0.15) is 5.69 Å². The van der Waals surface area contributed by atoms with E-state index in [-0.39, 0.29) is 0 Å². The van der Waals surface area contributed by atoms with Crippen LogP contribution in [0.25, 0.3) is 65.8 Å². The quantitative estimate of drug-likeness (QED) is 0.259. The molecule has 0 aliphatic rings. The third kappa shape index (κ3) is 2.36. The lowest BCUT2D eigenvalue weighted by Crippen LogP contribution is -1.93. The summed E-state index contributed by atoms with van der Waals surface area (Å²) >= 11 is 0. The van der Waals surface area contributed by atoms with E-state index in [1.165, 1.54) is 32.3 Å². The van der Waals surface area contributed by atoms with E-state index < -0.39 is 0 Å². The molecule has 2 heterocycles. The Kier molecular flexibility index (Phi) is 3.48. The predicted molar refractivity (Wildman–Crippen MR) is 132 cm³/mol. The van der Waals surface area contributed by atoms with Crippen LogP contribution in [0.15, 0.2) is 95.4 Å². The highest BCUT2D eigenvalue weighted by molar-refractivity contribution is 6.25. The van der Waals surface area contributed by atoms with E-state index >= 15 is 0 Å². The maximum Gasteiger partial charge on any atom is 0.246 e. The maximum atomic E-state index is 5.93. The van der Waals surface area contributed by atoms with E-state index in [9.17, 15) is 0 Å². The summed E-state index contributed by atoms with van der Waals surface area (Å²) < 4.78 is 5.93. The number of hydrogen-bond donors (Lipinski definition) is 0. The Bertz CT molecular complexity index is 1810. The summed E-state index contributed by atoms with van der Waals surface area (Å²) in [6.45, 7) is 2.00. The molecular weight excluding hydrogens is 392 g/mol. The lowest BCUT2D eigenvalue weighted by atomic mass is 9.92. The van der Waals surface area contributed by atoms with Crippen LogP contribution in [0.2, 0.25) is 0 Å². The second-order valence-corrected chi connectivity index (χ2v) is 8.26. The molecule has 0 bridgehead atoms. The van der Waals surface area contributed by atoms with Gasteiger partial charge in [-0.1, -0.05) is 72.8 Å². The first kappa shape index (κ1) is 17.4. The van der Waals surface area contributed by atoms with Crippen LogP contribution in [0, 0.1) is 6.92 Å². The molecule has 32 heavy (non-hydrogen) atoms. The molecule has 0 atom stereocenters. The summed E-state index contributed by atoms with van der Waals surface area (Å²) in [6.07, 6.45) is 0. The molecule has 7 aromatic rings. The summed E-state index contributed by atoms with van der Waals surface area (Å²) in [5, 5.41) is 8.56. The van der Waals surface area contributed by atoms with Crippen LogP contribution in [-0.2, 0) is 0 Å². The van der Waals surface area contributed by atoms with Crippen LogP contribution in [0.5, 0.6) is 0 Å². The third-order valence-corrected chi connectivity index (χ3v) is 6.40. The van der Waals surface area contributed by atoms with E-state index in [0.29, 0.717) is 5.71 Å². The number of fused-ring (bicyclic) bond motifs is 9. The first-order valence-electron chi connectivity index (χ1n) is 10.8. The Hall–Kier alpha value is -4.24. The van der Waals surface area contributed by atoms with Gasteiger partial charge in [0.2, 0.25) is 5.71 Å². The Labute approximate surface area is 183 Å². The van der Waals surface area contributed by atoms with Crippen molar-refractivity contribution in [2.24, 2.45) is 0 Å². The SMILES string of the molecule is Cc1nc2oc3ccccc3c2nc1-c1ccc2c3ccccc3c3ccccc3c2c1. The van der Waals surface area contributed by atoms with Crippen molar-refractivity contribution in [1.82, 2.24) is 9.97 Å². The van der Waals surface area contributed by atoms with Gasteiger partial charge in [-0.2, -0.15) is 0 Å². The lowest BCUT2D eigenvalue weighted by molar-refractivity contribution is 0.651. The summed E-state index contributed by atoms with van der Waals surface area (Å²) in [5.74, 6) is 0. The van der Waals surface area contributed by atoms with Crippen molar-refractivity contribution in [1.29, 1.82) is 0 Å². The van der Waals surface area contributed by atoms with E-state index in [2.05, 4.69) is 66.7 Å². The summed E-state index contributed by atoms with van der Waals surface area (Å²) in [7, 11) is 0. The second-order valence-electron chi connectivity index (χ2n) is 8.26. The van der Waals surface area contributed by atoms with E-state index in [1.807, 2.05) is 31.2 Å². The largest absolute Gasteiger partial charge is 0.436 e. The number of nitrogens with zero attached hydrogens (tertiary/aromatic N) is 2. The van der Waals surface area contributed by atoms with E-state index in [4.69, 9.17) is 14.4 Å². The molecule has 3 nitrogen and oxygen atoms in total. The van der Waals surface area contributed by atoms with Crippen LogP contribution in [0.3, 0.4) is 0 Å². The fourth-order valence-corrected chi connectivity index (χ4v) is 4.93. The molecule has 0 unspecified atom stereocenters. The molecule has 0 spiro atoms. The van der Waals surface area contributed by atoms with Gasteiger partial charge in [-0.25, -0.2) is 9.97 Å². The topological polar surface area (TPSA) is 38.9 Å². The summed E-state index contributed by atoms with van der Waals surface area (Å²) in [4.78, 5) is 9.78.